The lowest BCUT2D eigenvalue weighted by Gasteiger charge is -2.12. The molecule has 1 atom stereocenters. The lowest BCUT2D eigenvalue weighted by Crippen LogP contribution is -2.25. The highest BCUT2D eigenvalue weighted by Crippen LogP contribution is 2.13. The minimum Gasteiger partial charge on any atom is -0.497 e. The molecule has 0 radical (unpaired) electrons. The Kier molecular flexibility index (Phi) is 5.18. The quantitative estimate of drug-likeness (QED) is 0.843. The first kappa shape index (κ1) is 14.6. The molecule has 0 aliphatic heterocycles. The third-order valence-electron chi connectivity index (χ3n) is 3.55. The predicted molar refractivity (Wildman–Crippen MR) is 80.9 cm³/mol. The molecule has 4 nitrogen and oxygen atoms in total. The molecule has 0 amide bonds. The van der Waals surface area contributed by atoms with Crippen LogP contribution in [0, 0.1) is 0 Å². The average molecular weight is 273 g/mol. The topological polar surface area (TPSA) is 53.1 Å². The highest BCUT2D eigenvalue weighted by molar-refractivity contribution is 5.27. The van der Waals surface area contributed by atoms with E-state index >= 15 is 0 Å². The second-order valence-corrected chi connectivity index (χ2v) is 4.98. The first-order valence-corrected chi connectivity index (χ1v) is 7.11. The van der Waals surface area contributed by atoms with E-state index < -0.39 is 0 Å². The lowest BCUT2D eigenvalue weighted by molar-refractivity contribution is 0.414. The largest absolute Gasteiger partial charge is 0.497 e. The lowest BCUT2D eigenvalue weighted by atomic mass is 10.0. The maximum atomic E-state index is 6.21. The number of benzene rings is 1. The SMILES string of the molecule is CCn1ccnc1CC(N)CCc1ccc(OC)cc1. The molecule has 20 heavy (non-hydrogen) atoms. The molecular weight excluding hydrogens is 250 g/mol. The summed E-state index contributed by atoms with van der Waals surface area (Å²) in [6, 6.07) is 8.32. The number of rotatable bonds is 7. The third kappa shape index (κ3) is 3.84. The van der Waals surface area contributed by atoms with Crippen LogP contribution in [0.15, 0.2) is 36.7 Å². The highest BCUT2D eigenvalue weighted by atomic mass is 16.5. The molecule has 1 aromatic carbocycles. The number of imidazole rings is 1. The minimum atomic E-state index is 0.143. The molecule has 0 aliphatic rings. The molecule has 1 heterocycles. The molecule has 0 fully saturated rings. The maximum absolute atomic E-state index is 6.21. The number of methoxy groups -OCH3 is 1. The van der Waals surface area contributed by atoms with Gasteiger partial charge in [-0.05, 0) is 37.5 Å². The third-order valence-corrected chi connectivity index (χ3v) is 3.55. The summed E-state index contributed by atoms with van der Waals surface area (Å²) in [4.78, 5) is 4.37. The van der Waals surface area contributed by atoms with Gasteiger partial charge in [-0.25, -0.2) is 4.98 Å². The second kappa shape index (κ2) is 7.10. The van der Waals surface area contributed by atoms with E-state index in [1.54, 1.807) is 7.11 Å². The molecule has 4 heteroatoms. The van der Waals surface area contributed by atoms with Gasteiger partial charge in [-0.2, -0.15) is 0 Å². The Morgan fingerprint density at radius 2 is 2.05 bits per heavy atom. The summed E-state index contributed by atoms with van der Waals surface area (Å²) in [5, 5.41) is 0. The van der Waals surface area contributed by atoms with Crippen LogP contribution < -0.4 is 10.5 Å². The molecule has 0 bridgehead atoms. The zero-order valence-electron chi connectivity index (χ0n) is 12.2. The summed E-state index contributed by atoms with van der Waals surface area (Å²) in [5.41, 5.74) is 7.51. The fraction of sp³-hybridized carbons (Fsp3) is 0.438. The van der Waals surface area contributed by atoms with Crippen molar-refractivity contribution in [3.05, 3.63) is 48.0 Å². The monoisotopic (exact) mass is 273 g/mol. The summed E-state index contributed by atoms with van der Waals surface area (Å²) >= 11 is 0. The molecule has 2 aromatic rings. The zero-order valence-corrected chi connectivity index (χ0v) is 12.2. The van der Waals surface area contributed by atoms with E-state index in [0.29, 0.717) is 0 Å². The molecular formula is C16H23N3O. The van der Waals surface area contributed by atoms with Crippen LogP contribution in [0.1, 0.15) is 24.7 Å². The van der Waals surface area contributed by atoms with Gasteiger partial charge < -0.3 is 15.0 Å². The summed E-state index contributed by atoms with van der Waals surface area (Å²) in [5.74, 6) is 1.97. The van der Waals surface area contributed by atoms with Gasteiger partial charge in [-0.3, -0.25) is 0 Å². The highest BCUT2D eigenvalue weighted by Gasteiger charge is 2.09. The number of hydrogen-bond donors (Lipinski definition) is 1. The van der Waals surface area contributed by atoms with Crippen LogP contribution in [0.3, 0.4) is 0 Å². The number of nitrogens with two attached hydrogens (primary N) is 1. The standard InChI is InChI=1S/C16H23N3O/c1-3-19-11-10-18-16(19)12-14(17)7-4-13-5-8-15(20-2)9-6-13/h5-6,8-11,14H,3-4,7,12,17H2,1-2H3. The van der Waals surface area contributed by atoms with Crippen molar-refractivity contribution in [1.29, 1.82) is 0 Å². The van der Waals surface area contributed by atoms with Gasteiger partial charge >= 0.3 is 0 Å². The Hall–Kier alpha value is -1.81. The van der Waals surface area contributed by atoms with E-state index in [9.17, 15) is 0 Å². The molecule has 2 N–H and O–H groups in total. The van der Waals surface area contributed by atoms with Crippen molar-refractivity contribution in [2.45, 2.75) is 38.8 Å². The fourth-order valence-corrected chi connectivity index (χ4v) is 2.30. The van der Waals surface area contributed by atoms with Gasteiger partial charge in [-0.15, -0.1) is 0 Å². The summed E-state index contributed by atoms with van der Waals surface area (Å²) in [7, 11) is 1.68. The number of aromatic nitrogens is 2. The van der Waals surface area contributed by atoms with Gasteiger partial charge in [0.25, 0.3) is 0 Å². The summed E-state index contributed by atoms with van der Waals surface area (Å²) in [6.07, 6.45) is 6.62. The van der Waals surface area contributed by atoms with E-state index in [1.807, 2.05) is 24.5 Å². The van der Waals surface area contributed by atoms with Crippen LogP contribution in [0.4, 0.5) is 0 Å². The van der Waals surface area contributed by atoms with Gasteiger partial charge in [0.15, 0.2) is 0 Å². The first-order valence-electron chi connectivity index (χ1n) is 7.11. The number of ether oxygens (including phenoxy) is 1. The van der Waals surface area contributed by atoms with Gasteiger partial charge in [0.05, 0.1) is 7.11 Å². The Labute approximate surface area is 120 Å². The van der Waals surface area contributed by atoms with Crippen LogP contribution in [0.2, 0.25) is 0 Å². The predicted octanol–water partition coefficient (Wildman–Crippen LogP) is 2.41. The average Bonchev–Trinajstić information content (AvgIpc) is 2.92. The first-order chi connectivity index (χ1) is 9.72. The van der Waals surface area contributed by atoms with Crippen molar-refractivity contribution in [3.8, 4) is 5.75 Å². The molecule has 1 aromatic heterocycles. The molecule has 0 saturated carbocycles. The second-order valence-electron chi connectivity index (χ2n) is 4.98. The Balaban J connectivity index is 1.83. The minimum absolute atomic E-state index is 0.143. The maximum Gasteiger partial charge on any atom is 0.118 e. The van der Waals surface area contributed by atoms with E-state index in [-0.39, 0.29) is 6.04 Å². The van der Waals surface area contributed by atoms with Gasteiger partial charge in [0.1, 0.15) is 11.6 Å². The molecule has 0 saturated heterocycles. The van der Waals surface area contributed by atoms with E-state index in [0.717, 1.165) is 37.4 Å². The Morgan fingerprint density at radius 1 is 1.30 bits per heavy atom. The molecule has 2 rings (SSSR count). The number of aryl methyl sites for hydroxylation is 2. The van der Waals surface area contributed by atoms with Crippen LogP contribution >= 0.6 is 0 Å². The van der Waals surface area contributed by atoms with Crippen molar-refractivity contribution in [1.82, 2.24) is 9.55 Å². The molecule has 108 valence electrons. The van der Waals surface area contributed by atoms with Crippen molar-refractivity contribution in [3.63, 3.8) is 0 Å². The Morgan fingerprint density at radius 3 is 2.70 bits per heavy atom. The smallest absolute Gasteiger partial charge is 0.118 e. The number of nitrogens with zero attached hydrogens (tertiary/aromatic N) is 2. The van der Waals surface area contributed by atoms with Crippen molar-refractivity contribution in [2.24, 2.45) is 5.73 Å². The van der Waals surface area contributed by atoms with Crippen molar-refractivity contribution in [2.75, 3.05) is 7.11 Å². The van der Waals surface area contributed by atoms with Crippen LogP contribution in [0.5, 0.6) is 5.75 Å². The zero-order chi connectivity index (χ0) is 14.4. The van der Waals surface area contributed by atoms with Crippen molar-refractivity contribution < 1.29 is 4.74 Å². The molecule has 0 spiro atoms. The van der Waals surface area contributed by atoms with E-state index in [2.05, 4.69) is 28.6 Å². The van der Waals surface area contributed by atoms with Crippen LogP contribution in [0.25, 0.3) is 0 Å². The van der Waals surface area contributed by atoms with Crippen LogP contribution in [-0.4, -0.2) is 22.7 Å². The van der Waals surface area contributed by atoms with Crippen LogP contribution in [-0.2, 0) is 19.4 Å². The fourth-order valence-electron chi connectivity index (χ4n) is 2.30. The van der Waals surface area contributed by atoms with Gasteiger partial charge in [-0.1, -0.05) is 12.1 Å². The molecule has 0 aliphatic carbocycles. The van der Waals surface area contributed by atoms with E-state index in [1.165, 1.54) is 5.56 Å². The van der Waals surface area contributed by atoms with E-state index in [4.69, 9.17) is 10.5 Å². The number of hydrogen-bond acceptors (Lipinski definition) is 3. The van der Waals surface area contributed by atoms with Crippen molar-refractivity contribution >= 4 is 0 Å². The summed E-state index contributed by atoms with van der Waals surface area (Å²) in [6.45, 7) is 3.06. The normalized spacial score (nSPS) is 12.3. The van der Waals surface area contributed by atoms with Gasteiger partial charge in [0, 0.05) is 31.4 Å². The Bertz CT molecular complexity index is 519. The van der Waals surface area contributed by atoms with Gasteiger partial charge in [0.2, 0.25) is 0 Å². The molecule has 1 unspecified atom stereocenters. The summed E-state index contributed by atoms with van der Waals surface area (Å²) < 4.78 is 7.30.